The van der Waals surface area contributed by atoms with Crippen LogP contribution in [0.4, 0.5) is 6.01 Å². The Balaban J connectivity index is 1.58. The van der Waals surface area contributed by atoms with E-state index < -0.39 is 0 Å². The predicted octanol–water partition coefficient (Wildman–Crippen LogP) is 0.547. The quantitative estimate of drug-likeness (QED) is 0.826. The van der Waals surface area contributed by atoms with Crippen molar-refractivity contribution in [3.63, 3.8) is 0 Å². The van der Waals surface area contributed by atoms with Crippen molar-refractivity contribution < 1.29 is 9.15 Å². The summed E-state index contributed by atoms with van der Waals surface area (Å²) in [6.07, 6.45) is 2.76. The Hall–Kier alpha value is -1.14. The van der Waals surface area contributed by atoms with Crippen molar-refractivity contribution in [1.29, 1.82) is 0 Å². The van der Waals surface area contributed by atoms with Crippen LogP contribution in [0.25, 0.3) is 0 Å². The van der Waals surface area contributed by atoms with Gasteiger partial charge in [0.05, 0.1) is 19.3 Å². The lowest BCUT2D eigenvalue weighted by molar-refractivity contribution is 0.0513. The van der Waals surface area contributed by atoms with Gasteiger partial charge in [-0.1, -0.05) is 5.10 Å². The minimum atomic E-state index is 0.226. The Morgan fingerprint density at radius 3 is 3.06 bits per heavy atom. The molecule has 94 valence electrons. The lowest BCUT2D eigenvalue weighted by Crippen LogP contribution is -2.41. The predicted molar refractivity (Wildman–Crippen MR) is 61.8 cm³/mol. The molecule has 6 heteroatoms. The highest BCUT2D eigenvalue weighted by molar-refractivity contribution is 5.25. The normalized spacial score (nSPS) is 25.2. The van der Waals surface area contributed by atoms with Gasteiger partial charge in [-0.15, -0.1) is 5.10 Å². The highest BCUT2D eigenvalue weighted by atomic mass is 16.5. The Morgan fingerprint density at radius 1 is 1.41 bits per heavy atom. The van der Waals surface area contributed by atoms with E-state index in [1.165, 1.54) is 12.8 Å². The lowest BCUT2D eigenvalue weighted by atomic mass is 10.3. The molecule has 1 aromatic heterocycles. The van der Waals surface area contributed by atoms with Crippen molar-refractivity contribution in [2.24, 2.45) is 0 Å². The van der Waals surface area contributed by atoms with Crippen molar-refractivity contribution in [2.75, 3.05) is 24.6 Å². The molecule has 1 atom stereocenters. The van der Waals surface area contributed by atoms with Gasteiger partial charge in [-0.2, -0.15) is 0 Å². The minimum absolute atomic E-state index is 0.226. The van der Waals surface area contributed by atoms with Gasteiger partial charge in [-0.3, -0.25) is 0 Å². The maximum atomic E-state index is 5.64. The van der Waals surface area contributed by atoms with Crippen molar-refractivity contribution in [3.05, 3.63) is 5.89 Å². The van der Waals surface area contributed by atoms with Gasteiger partial charge in [0, 0.05) is 19.1 Å². The molecule has 1 saturated carbocycles. The summed E-state index contributed by atoms with van der Waals surface area (Å²) in [7, 11) is 0. The Kier molecular flexibility index (Phi) is 2.98. The van der Waals surface area contributed by atoms with E-state index in [0.29, 0.717) is 24.5 Å². The number of hydrogen-bond donors (Lipinski definition) is 1. The van der Waals surface area contributed by atoms with Crippen LogP contribution in [-0.2, 0) is 11.3 Å². The van der Waals surface area contributed by atoms with E-state index in [2.05, 4.69) is 27.3 Å². The van der Waals surface area contributed by atoms with Crippen molar-refractivity contribution in [3.8, 4) is 0 Å². The molecule has 1 aliphatic heterocycles. The molecule has 1 aromatic rings. The maximum Gasteiger partial charge on any atom is 0.318 e. The molecule has 1 aliphatic carbocycles. The monoisotopic (exact) mass is 238 g/mol. The largest absolute Gasteiger partial charge is 0.407 e. The molecule has 0 amide bonds. The minimum Gasteiger partial charge on any atom is -0.407 e. The van der Waals surface area contributed by atoms with Gasteiger partial charge in [0.15, 0.2) is 0 Å². The topological polar surface area (TPSA) is 63.4 Å². The third kappa shape index (κ3) is 2.76. The smallest absolute Gasteiger partial charge is 0.318 e. The van der Waals surface area contributed by atoms with E-state index in [4.69, 9.17) is 9.15 Å². The molecule has 17 heavy (non-hydrogen) atoms. The van der Waals surface area contributed by atoms with Crippen molar-refractivity contribution in [2.45, 2.75) is 38.5 Å². The first-order chi connectivity index (χ1) is 8.31. The van der Waals surface area contributed by atoms with Crippen LogP contribution >= 0.6 is 0 Å². The average Bonchev–Trinajstić information content (AvgIpc) is 3.04. The zero-order chi connectivity index (χ0) is 11.7. The van der Waals surface area contributed by atoms with Crippen molar-refractivity contribution in [1.82, 2.24) is 15.5 Å². The van der Waals surface area contributed by atoms with Crippen LogP contribution in [-0.4, -0.2) is 42.0 Å². The molecule has 3 rings (SSSR count). The van der Waals surface area contributed by atoms with Gasteiger partial charge in [-0.25, -0.2) is 0 Å². The highest BCUT2D eigenvalue weighted by Gasteiger charge is 2.23. The first-order valence-electron chi connectivity index (χ1n) is 6.23. The lowest BCUT2D eigenvalue weighted by Gasteiger charge is -2.29. The summed E-state index contributed by atoms with van der Waals surface area (Å²) in [5, 5.41) is 11.5. The van der Waals surface area contributed by atoms with Crippen LogP contribution in [0.2, 0.25) is 0 Å². The average molecular weight is 238 g/mol. The van der Waals surface area contributed by atoms with Crippen LogP contribution in [0, 0.1) is 0 Å². The van der Waals surface area contributed by atoms with E-state index in [9.17, 15) is 0 Å². The van der Waals surface area contributed by atoms with E-state index in [-0.39, 0.29) is 6.10 Å². The maximum absolute atomic E-state index is 5.64. The Morgan fingerprint density at radius 2 is 2.29 bits per heavy atom. The summed E-state index contributed by atoms with van der Waals surface area (Å²) in [4.78, 5) is 2.09. The zero-order valence-electron chi connectivity index (χ0n) is 10.1. The molecular weight excluding hydrogens is 220 g/mol. The Bertz CT molecular complexity index is 377. The van der Waals surface area contributed by atoms with E-state index in [0.717, 1.165) is 19.7 Å². The van der Waals surface area contributed by atoms with Crippen molar-refractivity contribution >= 4 is 6.01 Å². The fourth-order valence-electron chi connectivity index (χ4n) is 1.96. The van der Waals surface area contributed by atoms with E-state index >= 15 is 0 Å². The Labute approximate surface area is 100 Å². The molecule has 2 heterocycles. The second-order valence-electron chi connectivity index (χ2n) is 4.76. The van der Waals surface area contributed by atoms with Gasteiger partial charge in [0.1, 0.15) is 0 Å². The SMILES string of the molecule is CC1CN(c2nnc(CNC3CC3)o2)CCO1. The van der Waals surface area contributed by atoms with Gasteiger partial charge in [0.2, 0.25) is 5.89 Å². The molecule has 2 fully saturated rings. The van der Waals surface area contributed by atoms with Gasteiger partial charge in [0.25, 0.3) is 0 Å². The zero-order valence-corrected chi connectivity index (χ0v) is 10.1. The first-order valence-corrected chi connectivity index (χ1v) is 6.23. The third-order valence-electron chi connectivity index (χ3n) is 3.09. The molecule has 6 nitrogen and oxygen atoms in total. The molecule has 0 bridgehead atoms. The van der Waals surface area contributed by atoms with Gasteiger partial charge >= 0.3 is 6.01 Å². The van der Waals surface area contributed by atoms with Gasteiger partial charge < -0.3 is 19.4 Å². The second kappa shape index (κ2) is 4.62. The summed E-state index contributed by atoms with van der Waals surface area (Å²) in [5.41, 5.74) is 0. The van der Waals surface area contributed by atoms with Crippen LogP contribution in [0.15, 0.2) is 4.42 Å². The molecule has 1 N–H and O–H groups in total. The fraction of sp³-hybridized carbons (Fsp3) is 0.818. The first kappa shape index (κ1) is 11.0. The number of rotatable bonds is 4. The highest BCUT2D eigenvalue weighted by Crippen LogP contribution is 2.20. The molecule has 1 unspecified atom stereocenters. The summed E-state index contributed by atoms with van der Waals surface area (Å²) in [5.74, 6) is 0.672. The molecule has 0 radical (unpaired) electrons. The molecule has 2 aliphatic rings. The molecular formula is C11H18N4O2. The number of hydrogen-bond acceptors (Lipinski definition) is 6. The third-order valence-corrected chi connectivity index (χ3v) is 3.09. The number of morpholine rings is 1. The number of nitrogens with one attached hydrogen (secondary N) is 1. The van der Waals surface area contributed by atoms with E-state index in [1.54, 1.807) is 0 Å². The number of anilines is 1. The van der Waals surface area contributed by atoms with Crippen LogP contribution < -0.4 is 10.2 Å². The standard InChI is InChI=1S/C11H18N4O2/c1-8-7-15(4-5-16-8)11-14-13-10(17-11)6-12-9-2-3-9/h8-9,12H,2-7H2,1H3. The summed E-state index contributed by atoms with van der Waals surface area (Å²) in [6, 6.07) is 1.28. The molecule has 0 aromatic carbocycles. The molecule has 0 spiro atoms. The second-order valence-corrected chi connectivity index (χ2v) is 4.76. The van der Waals surface area contributed by atoms with Crippen LogP contribution in [0.5, 0.6) is 0 Å². The van der Waals surface area contributed by atoms with Crippen LogP contribution in [0.1, 0.15) is 25.7 Å². The summed E-state index contributed by atoms with van der Waals surface area (Å²) >= 11 is 0. The van der Waals surface area contributed by atoms with Crippen LogP contribution in [0.3, 0.4) is 0 Å². The van der Waals surface area contributed by atoms with E-state index in [1.807, 2.05) is 0 Å². The summed E-state index contributed by atoms with van der Waals surface area (Å²) < 4.78 is 11.1. The van der Waals surface area contributed by atoms with Gasteiger partial charge in [-0.05, 0) is 19.8 Å². The number of aromatic nitrogens is 2. The number of nitrogens with zero attached hydrogens (tertiary/aromatic N) is 3. The summed E-state index contributed by atoms with van der Waals surface area (Å²) in [6.45, 7) is 5.09. The fourth-order valence-corrected chi connectivity index (χ4v) is 1.96. The molecule has 1 saturated heterocycles. The number of ether oxygens (including phenoxy) is 1.